The number of nitrogen functional groups attached to an aromatic ring is 1. The zero-order valence-corrected chi connectivity index (χ0v) is 17.1. The highest BCUT2D eigenvalue weighted by Gasteiger charge is 2.20. The van der Waals surface area contributed by atoms with E-state index in [1.807, 2.05) is 10.9 Å². The summed E-state index contributed by atoms with van der Waals surface area (Å²) in [5.74, 6) is -1.18. The van der Waals surface area contributed by atoms with Crippen LogP contribution in [-0.2, 0) is 6.54 Å². The number of hydrogen-bond donors (Lipinski definition) is 2. The molecular weight excluding hydrogens is 416 g/mol. The first kappa shape index (κ1) is 20.2. The number of benzene rings is 1. The van der Waals surface area contributed by atoms with Gasteiger partial charge in [-0.15, -0.1) is 5.10 Å². The van der Waals surface area contributed by atoms with Gasteiger partial charge in [-0.25, -0.2) is 13.8 Å². The lowest BCUT2D eigenvalue weighted by Gasteiger charge is -2.22. The summed E-state index contributed by atoms with van der Waals surface area (Å²) in [5, 5.41) is 19.3. The van der Waals surface area contributed by atoms with E-state index in [2.05, 4.69) is 30.9 Å². The Labute approximate surface area is 182 Å². The van der Waals surface area contributed by atoms with Gasteiger partial charge >= 0.3 is 0 Å². The number of anilines is 1. The van der Waals surface area contributed by atoms with Crippen molar-refractivity contribution in [1.82, 2.24) is 40.3 Å². The summed E-state index contributed by atoms with van der Waals surface area (Å²) < 4.78 is 31.1. The van der Waals surface area contributed by atoms with Gasteiger partial charge in [0.15, 0.2) is 17.5 Å². The van der Waals surface area contributed by atoms with Crippen LogP contribution in [0, 0.1) is 17.6 Å². The summed E-state index contributed by atoms with van der Waals surface area (Å²) in [6.45, 7) is 2.89. The standard InChI is InChI=1S/C21H21F2N9/c22-17-4-1-5-18(19(17)23)32-21(28-29-30-32)16-7-14(9-26-20(16)24)15-10-27-31(12-15)11-13-3-2-6-25-8-13/h1,4-5,7,9-10,12-13,25H,2-3,6,8,11H2,(H2,24,26). The van der Waals surface area contributed by atoms with Gasteiger partial charge in [-0.1, -0.05) is 6.07 Å². The molecule has 1 unspecified atom stereocenters. The molecule has 11 heteroatoms. The second kappa shape index (κ2) is 8.42. The van der Waals surface area contributed by atoms with E-state index in [0.29, 0.717) is 11.5 Å². The minimum absolute atomic E-state index is 0.122. The zero-order chi connectivity index (χ0) is 22.1. The monoisotopic (exact) mass is 437 g/mol. The van der Waals surface area contributed by atoms with E-state index in [4.69, 9.17) is 5.73 Å². The molecule has 0 saturated carbocycles. The summed E-state index contributed by atoms with van der Waals surface area (Å²) in [7, 11) is 0. The van der Waals surface area contributed by atoms with Crippen molar-refractivity contribution in [2.75, 3.05) is 18.8 Å². The highest BCUT2D eigenvalue weighted by molar-refractivity contribution is 5.76. The molecule has 1 aromatic carbocycles. The number of nitrogens with zero attached hydrogens (tertiary/aromatic N) is 7. The third kappa shape index (κ3) is 3.82. The van der Waals surface area contributed by atoms with Crippen molar-refractivity contribution in [3.63, 3.8) is 0 Å². The van der Waals surface area contributed by atoms with E-state index in [1.54, 1.807) is 18.5 Å². The van der Waals surface area contributed by atoms with Gasteiger partial charge in [-0.2, -0.15) is 9.78 Å². The van der Waals surface area contributed by atoms with Gasteiger partial charge in [0, 0.05) is 30.1 Å². The normalized spacial score (nSPS) is 16.4. The van der Waals surface area contributed by atoms with E-state index < -0.39 is 11.6 Å². The van der Waals surface area contributed by atoms with Crippen LogP contribution < -0.4 is 11.1 Å². The lowest BCUT2D eigenvalue weighted by atomic mass is 10.00. The van der Waals surface area contributed by atoms with Crippen molar-refractivity contribution in [2.45, 2.75) is 19.4 Å². The lowest BCUT2D eigenvalue weighted by molar-refractivity contribution is 0.325. The topological polar surface area (TPSA) is 112 Å². The molecule has 9 nitrogen and oxygen atoms in total. The van der Waals surface area contributed by atoms with Crippen molar-refractivity contribution >= 4 is 5.82 Å². The van der Waals surface area contributed by atoms with Crippen LogP contribution in [0.2, 0.25) is 0 Å². The predicted molar refractivity (Wildman–Crippen MR) is 114 cm³/mol. The van der Waals surface area contributed by atoms with Gasteiger partial charge in [-0.05, 0) is 60.5 Å². The fourth-order valence-electron chi connectivity index (χ4n) is 3.94. The molecule has 4 aromatic rings. The van der Waals surface area contributed by atoms with Crippen LogP contribution >= 0.6 is 0 Å². The van der Waals surface area contributed by atoms with E-state index in [1.165, 1.54) is 25.0 Å². The molecule has 3 N–H and O–H groups in total. The van der Waals surface area contributed by atoms with Gasteiger partial charge in [0.1, 0.15) is 11.5 Å². The van der Waals surface area contributed by atoms with Gasteiger partial charge in [0.25, 0.3) is 0 Å². The fourth-order valence-corrected chi connectivity index (χ4v) is 3.94. The van der Waals surface area contributed by atoms with Crippen molar-refractivity contribution < 1.29 is 8.78 Å². The smallest absolute Gasteiger partial charge is 0.190 e. The first-order valence-corrected chi connectivity index (χ1v) is 10.3. The summed E-state index contributed by atoms with van der Waals surface area (Å²) in [6.07, 6.45) is 7.71. The van der Waals surface area contributed by atoms with Crippen LogP contribution in [0.25, 0.3) is 28.2 Å². The van der Waals surface area contributed by atoms with Crippen LogP contribution in [-0.4, -0.2) is 48.1 Å². The molecule has 1 atom stereocenters. The average molecular weight is 437 g/mol. The summed E-state index contributed by atoms with van der Waals surface area (Å²) in [6, 6.07) is 5.56. The Morgan fingerprint density at radius 2 is 2.09 bits per heavy atom. The quantitative estimate of drug-likeness (QED) is 0.493. The second-order valence-electron chi connectivity index (χ2n) is 7.81. The molecule has 164 valence electrons. The Kier molecular flexibility index (Phi) is 5.31. The number of piperidine rings is 1. The van der Waals surface area contributed by atoms with E-state index >= 15 is 0 Å². The van der Waals surface area contributed by atoms with Crippen molar-refractivity contribution in [3.8, 4) is 28.2 Å². The number of pyridine rings is 1. The minimum Gasteiger partial charge on any atom is -0.383 e. The van der Waals surface area contributed by atoms with E-state index in [9.17, 15) is 8.78 Å². The summed E-state index contributed by atoms with van der Waals surface area (Å²) >= 11 is 0. The van der Waals surface area contributed by atoms with Crippen LogP contribution in [0.4, 0.5) is 14.6 Å². The molecule has 1 saturated heterocycles. The fraction of sp³-hybridized carbons (Fsp3) is 0.286. The molecule has 5 rings (SSSR count). The van der Waals surface area contributed by atoms with E-state index in [0.717, 1.165) is 41.5 Å². The number of halogens is 2. The maximum Gasteiger partial charge on any atom is 0.190 e. The predicted octanol–water partition coefficient (Wildman–Crippen LogP) is 2.45. The molecule has 0 aliphatic carbocycles. The number of hydrogen-bond acceptors (Lipinski definition) is 7. The molecule has 3 aromatic heterocycles. The number of nitrogens with one attached hydrogen (secondary N) is 1. The maximum absolute atomic E-state index is 14.3. The first-order valence-electron chi connectivity index (χ1n) is 10.3. The SMILES string of the molecule is Nc1ncc(-c2cnn(CC3CCCNC3)c2)cc1-c1nnnn1-c1cccc(F)c1F. The largest absolute Gasteiger partial charge is 0.383 e. The highest BCUT2D eigenvalue weighted by atomic mass is 19.2. The highest BCUT2D eigenvalue weighted by Crippen LogP contribution is 2.30. The molecule has 1 aliphatic heterocycles. The molecule has 1 fully saturated rings. The molecule has 0 radical (unpaired) electrons. The van der Waals surface area contributed by atoms with Gasteiger partial charge < -0.3 is 11.1 Å². The number of nitrogens with two attached hydrogens (primary N) is 1. The van der Waals surface area contributed by atoms with Crippen molar-refractivity contribution in [1.29, 1.82) is 0 Å². The Morgan fingerprint density at radius 1 is 1.19 bits per heavy atom. The Morgan fingerprint density at radius 3 is 2.94 bits per heavy atom. The Bertz CT molecular complexity index is 1240. The number of rotatable bonds is 5. The molecule has 32 heavy (non-hydrogen) atoms. The van der Waals surface area contributed by atoms with Crippen LogP contribution in [0.3, 0.4) is 0 Å². The molecule has 0 amide bonds. The summed E-state index contributed by atoms with van der Waals surface area (Å²) in [5.41, 5.74) is 7.99. The van der Waals surface area contributed by atoms with Gasteiger partial charge in [0.05, 0.1) is 11.8 Å². The van der Waals surface area contributed by atoms with Crippen LogP contribution in [0.15, 0.2) is 42.9 Å². The maximum atomic E-state index is 14.3. The third-order valence-corrected chi connectivity index (χ3v) is 5.60. The van der Waals surface area contributed by atoms with Gasteiger partial charge in [-0.3, -0.25) is 4.68 Å². The molecule has 1 aliphatic rings. The average Bonchev–Trinajstić information content (AvgIpc) is 3.47. The minimum atomic E-state index is -1.05. The van der Waals surface area contributed by atoms with Crippen LogP contribution in [0.5, 0.6) is 0 Å². The number of tetrazole rings is 1. The van der Waals surface area contributed by atoms with Crippen molar-refractivity contribution in [3.05, 3.63) is 54.5 Å². The Balaban J connectivity index is 1.47. The Hall–Kier alpha value is -3.73. The van der Waals surface area contributed by atoms with Gasteiger partial charge in [0.2, 0.25) is 0 Å². The molecule has 4 heterocycles. The molecular formula is C21H21F2N9. The number of aromatic nitrogens is 7. The van der Waals surface area contributed by atoms with Crippen molar-refractivity contribution in [2.24, 2.45) is 5.92 Å². The third-order valence-electron chi connectivity index (χ3n) is 5.60. The molecule has 0 bridgehead atoms. The zero-order valence-electron chi connectivity index (χ0n) is 17.1. The lowest BCUT2D eigenvalue weighted by Crippen LogP contribution is -2.32. The molecule has 0 spiro atoms. The van der Waals surface area contributed by atoms with Crippen LogP contribution in [0.1, 0.15) is 12.8 Å². The first-order chi connectivity index (χ1) is 15.6. The second-order valence-corrected chi connectivity index (χ2v) is 7.81. The van der Waals surface area contributed by atoms with E-state index in [-0.39, 0.29) is 17.3 Å². The summed E-state index contributed by atoms with van der Waals surface area (Å²) in [4.78, 5) is 4.27.